The molecule has 0 aromatic heterocycles. The number of amides is 1. The minimum Gasteiger partial charge on any atom is -0.462 e. The molecule has 0 bridgehead atoms. The molecule has 47 heavy (non-hydrogen) atoms. The lowest BCUT2D eigenvalue weighted by Crippen LogP contribution is -2.51. The summed E-state index contributed by atoms with van der Waals surface area (Å²) < 4.78 is 6.07. The number of hydrogen-bond donors (Lipinski definition) is 0. The standard InChI is InChI=1S/C43H75NO3/c1-8-9-10-11-12-13-14-15-16-20-40(45)44(7)30-27-41(46)47-35-25-28-42(5)34(31-35)21-22-36-38-24-23-37(33(4)19-17-18-32(2)3)43(38,6)29-26-39(36)42/h21,32-33,35-39H,8-20,22-31H2,1-7H3/t33-,35+,36+,37-,38+,39+,42+,43-/m1/s1. The number of carbonyl (C=O) groups excluding carboxylic acids is 2. The first kappa shape index (κ1) is 38.5. The molecule has 0 aliphatic heterocycles. The van der Waals surface area contributed by atoms with Crippen molar-refractivity contribution < 1.29 is 14.3 Å². The lowest BCUT2D eigenvalue weighted by Gasteiger charge is -2.58. The van der Waals surface area contributed by atoms with Gasteiger partial charge in [-0.1, -0.05) is 124 Å². The van der Waals surface area contributed by atoms with Crippen LogP contribution < -0.4 is 0 Å². The fourth-order valence-corrected chi connectivity index (χ4v) is 11.2. The third kappa shape index (κ3) is 9.90. The van der Waals surface area contributed by atoms with Crippen LogP contribution in [0.15, 0.2) is 11.6 Å². The second kappa shape index (κ2) is 18.1. The molecule has 0 N–H and O–H groups in total. The first-order valence-electron chi connectivity index (χ1n) is 20.6. The molecule has 4 aliphatic carbocycles. The molecule has 0 unspecified atom stereocenters. The monoisotopic (exact) mass is 654 g/mol. The van der Waals surface area contributed by atoms with Crippen LogP contribution in [0.1, 0.15) is 183 Å². The lowest BCUT2D eigenvalue weighted by molar-refractivity contribution is -0.152. The maximum Gasteiger partial charge on any atom is 0.307 e. The van der Waals surface area contributed by atoms with Gasteiger partial charge in [-0.2, -0.15) is 0 Å². The Morgan fingerprint density at radius 2 is 1.55 bits per heavy atom. The second-order valence-corrected chi connectivity index (χ2v) is 17.8. The highest BCUT2D eigenvalue weighted by Crippen LogP contribution is 2.67. The summed E-state index contributed by atoms with van der Waals surface area (Å²) in [6.07, 6.45) is 28.9. The van der Waals surface area contributed by atoms with Gasteiger partial charge in [0.2, 0.25) is 5.91 Å². The second-order valence-electron chi connectivity index (χ2n) is 17.8. The zero-order valence-corrected chi connectivity index (χ0v) is 32.1. The molecule has 1 amide bonds. The van der Waals surface area contributed by atoms with Crippen LogP contribution >= 0.6 is 0 Å². The summed E-state index contributed by atoms with van der Waals surface area (Å²) in [5, 5.41) is 0. The van der Waals surface area contributed by atoms with Crippen molar-refractivity contribution in [2.45, 2.75) is 189 Å². The van der Waals surface area contributed by atoms with E-state index in [0.717, 1.165) is 67.6 Å². The van der Waals surface area contributed by atoms with Crippen molar-refractivity contribution in [2.24, 2.45) is 46.3 Å². The quantitative estimate of drug-likeness (QED) is 0.0791. The Kier molecular flexibility index (Phi) is 14.8. The van der Waals surface area contributed by atoms with Crippen molar-refractivity contribution in [1.82, 2.24) is 4.90 Å². The van der Waals surface area contributed by atoms with E-state index in [9.17, 15) is 9.59 Å². The van der Waals surface area contributed by atoms with E-state index in [-0.39, 0.29) is 23.4 Å². The zero-order chi connectivity index (χ0) is 34.0. The van der Waals surface area contributed by atoms with Crippen LogP contribution in [-0.2, 0) is 14.3 Å². The molecule has 270 valence electrons. The topological polar surface area (TPSA) is 46.6 Å². The highest BCUT2D eigenvalue weighted by atomic mass is 16.5. The minimum absolute atomic E-state index is 0.00207. The number of esters is 1. The Bertz CT molecular complexity index is 1020. The third-order valence-corrected chi connectivity index (χ3v) is 14.1. The molecule has 3 saturated carbocycles. The molecule has 4 heteroatoms. The van der Waals surface area contributed by atoms with Crippen LogP contribution in [0, 0.1) is 46.3 Å². The van der Waals surface area contributed by atoms with Crippen molar-refractivity contribution in [1.29, 1.82) is 0 Å². The van der Waals surface area contributed by atoms with Gasteiger partial charge in [-0.15, -0.1) is 0 Å². The van der Waals surface area contributed by atoms with Gasteiger partial charge in [0.25, 0.3) is 0 Å². The van der Waals surface area contributed by atoms with Gasteiger partial charge in [-0.25, -0.2) is 0 Å². The largest absolute Gasteiger partial charge is 0.462 e. The van der Waals surface area contributed by atoms with E-state index in [1.165, 1.54) is 96.3 Å². The molecule has 0 saturated heterocycles. The van der Waals surface area contributed by atoms with Crippen LogP contribution in [0.4, 0.5) is 0 Å². The number of unbranched alkanes of at least 4 members (excludes halogenated alkanes) is 8. The third-order valence-electron chi connectivity index (χ3n) is 14.1. The minimum atomic E-state index is -0.136. The number of rotatable bonds is 19. The van der Waals surface area contributed by atoms with Gasteiger partial charge in [0.05, 0.1) is 6.42 Å². The summed E-state index contributed by atoms with van der Waals surface area (Å²) in [7, 11) is 1.84. The van der Waals surface area contributed by atoms with Gasteiger partial charge in [-0.05, 0) is 97.7 Å². The fraction of sp³-hybridized carbons (Fsp3) is 0.907. The lowest BCUT2D eigenvalue weighted by atomic mass is 9.47. The number of carbonyl (C=O) groups is 2. The van der Waals surface area contributed by atoms with E-state index in [0.29, 0.717) is 24.8 Å². The van der Waals surface area contributed by atoms with E-state index in [4.69, 9.17) is 4.74 Å². The molecule has 0 spiro atoms. The Morgan fingerprint density at radius 1 is 0.851 bits per heavy atom. The summed E-state index contributed by atoms with van der Waals surface area (Å²) in [6, 6.07) is 0. The van der Waals surface area contributed by atoms with Crippen molar-refractivity contribution in [2.75, 3.05) is 13.6 Å². The van der Waals surface area contributed by atoms with E-state index >= 15 is 0 Å². The highest BCUT2D eigenvalue weighted by Gasteiger charge is 2.59. The first-order chi connectivity index (χ1) is 22.5. The summed E-state index contributed by atoms with van der Waals surface area (Å²) in [5.74, 6) is 5.10. The molecule has 0 radical (unpaired) electrons. The fourth-order valence-electron chi connectivity index (χ4n) is 11.2. The van der Waals surface area contributed by atoms with Crippen molar-refractivity contribution in [3.8, 4) is 0 Å². The zero-order valence-electron chi connectivity index (χ0n) is 32.1. The van der Waals surface area contributed by atoms with Gasteiger partial charge in [0.1, 0.15) is 6.10 Å². The molecule has 0 aromatic rings. The van der Waals surface area contributed by atoms with Crippen LogP contribution in [0.2, 0.25) is 0 Å². The number of nitrogens with zero attached hydrogens (tertiary/aromatic N) is 1. The summed E-state index contributed by atoms with van der Waals surface area (Å²) in [5.41, 5.74) is 2.38. The van der Waals surface area contributed by atoms with Crippen LogP contribution in [-0.4, -0.2) is 36.5 Å². The molecule has 4 aliphatic rings. The van der Waals surface area contributed by atoms with E-state index in [1.807, 2.05) is 7.05 Å². The summed E-state index contributed by atoms with van der Waals surface area (Å²) in [6.45, 7) is 15.3. The molecular weight excluding hydrogens is 578 g/mol. The molecule has 0 heterocycles. The Morgan fingerprint density at radius 3 is 2.26 bits per heavy atom. The molecule has 3 fully saturated rings. The predicted molar refractivity (Wildman–Crippen MR) is 197 cm³/mol. The molecular formula is C43H75NO3. The molecule has 8 atom stereocenters. The van der Waals surface area contributed by atoms with Crippen molar-refractivity contribution in [3.05, 3.63) is 11.6 Å². The maximum absolute atomic E-state index is 12.9. The van der Waals surface area contributed by atoms with Gasteiger partial charge in [0.15, 0.2) is 0 Å². The van der Waals surface area contributed by atoms with E-state index in [1.54, 1.807) is 10.5 Å². The molecule has 4 rings (SSSR count). The molecule has 0 aromatic carbocycles. The maximum atomic E-state index is 12.9. The number of fused-ring (bicyclic) bond motifs is 5. The van der Waals surface area contributed by atoms with Crippen molar-refractivity contribution in [3.63, 3.8) is 0 Å². The first-order valence-corrected chi connectivity index (χ1v) is 20.6. The summed E-state index contributed by atoms with van der Waals surface area (Å²) >= 11 is 0. The Labute approximate surface area is 291 Å². The SMILES string of the molecule is CCCCCCCCCCCC(=O)N(C)CCC(=O)O[C@H]1CC[C@@]2(C)C(=CC[C@H]3[C@@H]4CC[C@H]([C@H](C)CCCC(C)C)[C@@]4(C)CC[C@@H]32)C1. The average molecular weight is 654 g/mol. The van der Waals surface area contributed by atoms with Gasteiger partial charge < -0.3 is 9.64 Å². The van der Waals surface area contributed by atoms with Gasteiger partial charge in [-0.3, -0.25) is 9.59 Å². The number of allylic oxidation sites excluding steroid dienone is 1. The summed E-state index contributed by atoms with van der Waals surface area (Å²) in [4.78, 5) is 27.3. The van der Waals surface area contributed by atoms with E-state index < -0.39 is 0 Å². The number of ether oxygens (including phenoxy) is 1. The highest BCUT2D eigenvalue weighted by molar-refractivity contribution is 5.77. The molecule has 4 nitrogen and oxygen atoms in total. The van der Waals surface area contributed by atoms with E-state index in [2.05, 4.69) is 47.6 Å². The normalized spacial score (nSPS) is 32.3. The van der Waals surface area contributed by atoms with Crippen molar-refractivity contribution >= 4 is 11.9 Å². The van der Waals surface area contributed by atoms with Gasteiger partial charge in [0, 0.05) is 26.4 Å². The Hall–Kier alpha value is -1.32. The Balaban J connectivity index is 1.18. The van der Waals surface area contributed by atoms with Crippen LogP contribution in [0.3, 0.4) is 0 Å². The smallest absolute Gasteiger partial charge is 0.307 e. The number of hydrogen-bond acceptors (Lipinski definition) is 3. The van der Waals surface area contributed by atoms with Crippen LogP contribution in [0.5, 0.6) is 0 Å². The average Bonchev–Trinajstić information content (AvgIpc) is 3.40. The van der Waals surface area contributed by atoms with Gasteiger partial charge >= 0.3 is 5.97 Å². The van der Waals surface area contributed by atoms with Crippen LogP contribution in [0.25, 0.3) is 0 Å². The predicted octanol–water partition coefficient (Wildman–Crippen LogP) is 11.7.